The Morgan fingerprint density at radius 1 is 1.11 bits per heavy atom. The fourth-order valence-corrected chi connectivity index (χ4v) is 1.61. The average Bonchev–Trinajstić information content (AvgIpc) is 2.38. The molecule has 0 spiro atoms. The highest BCUT2D eigenvalue weighted by Crippen LogP contribution is 2.30. The zero-order chi connectivity index (χ0) is 14.0. The van der Waals surface area contributed by atoms with Crippen molar-refractivity contribution in [3.05, 3.63) is 47.9 Å². The van der Waals surface area contributed by atoms with E-state index in [2.05, 4.69) is 9.97 Å². The summed E-state index contributed by atoms with van der Waals surface area (Å²) in [5.74, 6) is 0. The minimum Gasteiger partial charge on any atom is -0.323 e. The Balaban J connectivity index is 2.35. The van der Waals surface area contributed by atoms with Gasteiger partial charge in [-0.25, -0.2) is 9.97 Å². The monoisotopic (exact) mass is 267 g/mol. The Labute approximate surface area is 108 Å². The molecule has 100 valence electrons. The summed E-state index contributed by atoms with van der Waals surface area (Å²) >= 11 is 0. The summed E-state index contributed by atoms with van der Waals surface area (Å²) in [6, 6.07) is 6.25. The van der Waals surface area contributed by atoms with Gasteiger partial charge in [-0.1, -0.05) is 12.1 Å². The summed E-state index contributed by atoms with van der Waals surface area (Å²) < 4.78 is 37.3. The third-order valence-electron chi connectivity index (χ3n) is 2.66. The van der Waals surface area contributed by atoms with E-state index in [1.165, 1.54) is 18.5 Å². The zero-order valence-electron chi connectivity index (χ0n) is 10.1. The molecule has 0 aliphatic heterocycles. The second-order valence-corrected chi connectivity index (χ2v) is 4.19. The van der Waals surface area contributed by atoms with Crippen LogP contribution in [-0.4, -0.2) is 9.97 Å². The molecule has 0 aliphatic rings. The van der Waals surface area contributed by atoms with E-state index in [0.29, 0.717) is 17.0 Å². The number of aromatic nitrogens is 2. The van der Waals surface area contributed by atoms with Crippen molar-refractivity contribution < 1.29 is 13.2 Å². The van der Waals surface area contributed by atoms with E-state index in [-0.39, 0.29) is 6.04 Å². The maximum absolute atomic E-state index is 12.4. The number of halogens is 3. The van der Waals surface area contributed by atoms with Gasteiger partial charge in [-0.05, 0) is 25.1 Å². The lowest BCUT2D eigenvalue weighted by Crippen LogP contribution is -2.08. The van der Waals surface area contributed by atoms with Crippen molar-refractivity contribution in [3.63, 3.8) is 0 Å². The smallest absolute Gasteiger partial charge is 0.323 e. The Morgan fingerprint density at radius 3 is 2.26 bits per heavy atom. The molecular weight excluding hydrogens is 255 g/mol. The molecule has 0 fully saturated rings. The van der Waals surface area contributed by atoms with E-state index in [1.54, 1.807) is 13.0 Å². The molecule has 6 heteroatoms. The third-order valence-corrected chi connectivity index (χ3v) is 2.66. The van der Waals surface area contributed by atoms with Crippen LogP contribution >= 0.6 is 0 Å². The first kappa shape index (κ1) is 13.5. The molecule has 1 heterocycles. The van der Waals surface area contributed by atoms with Gasteiger partial charge in [0.15, 0.2) is 0 Å². The third kappa shape index (κ3) is 3.08. The Bertz CT molecular complexity index is 562. The zero-order valence-corrected chi connectivity index (χ0v) is 10.1. The second-order valence-electron chi connectivity index (χ2n) is 4.19. The van der Waals surface area contributed by atoms with Crippen molar-refractivity contribution in [1.29, 1.82) is 0 Å². The van der Waals surface area contributed by atoms with Crippen LogP contribution in [0.15, 0.2) is 36.7 Å². The van der Waals surface area contributed by atoms with Crippen LogP contribution in [0.3, 0.4) is 0 Å². The molecular formula is C13H12F3N3. The van der Waals surface area contributed by atoms with Crippen LogP contribution in [0.5, 0.6) is 0 Å². The molecule has 0 bridgehead atoms. The Kier molecular flexibility index (Phi) is 3.53. The highest BCUT2D eigenvalue weighted by atomic mass is 19.4. The topological polar surface area (TPSA) is 51.8 Å². The average molecular weight is 267 g/mol. The molecule has 19 heavy (non-hydrogen) atoms. The van der Waals surface area contributed by atoms with Gasteiger partial charge in [-0.15, -0.1) is 0 Å². The molecule has 0 amide bonds. The first-order chi connectivity index (χ1) is 8.88. The standard InChI is InChI=1S/C13H12F3N3/c1-8(17)11-6-12(19-7-18-11)9-2-4-10(5-3-9)13(14,15)16/h2-8H,17H2,1H3. The lowest BCUT2D eigenvalue weighted by molar-refractivity contribution is -0.137. The summed E-state index contributed by atoms with van der Waals surface area (Å²) in [5.41, 5.74) is 6.81. The predicted molar refractivity (Wildman–Crippen MR) is 65.1 cm³/mol. The first-order valence-corrected chi connectivity index (χ1v) is 5.63. The van der Waals surface area contributed by atoms with E-state index in [9.17, 15) is 13.2 Å². The van der Waals surface area contributed by atoms with E-state index < -0.39 is 11.7 Å². The van der Waals surface area contributed by atoms with Gasteiger partial charge in [-0.2, -0.15) is 13.2 Å². The molecule has 1 aromatic carbocycles. The number of rotatable bonds is 2. The molecule has 2 N–H and O–H groups in total. The summed E-state index contributed by atoms with van der Waals surface area (Å²) in [5, 5.41) is 0. The van der Waals surface area contributed by atoms with Crippen LogP contribution in [0.2, 0.25) is 0 Å². The van der Waals surface area contributed by atoms with Crippen molar-refractivity contribution >= 4 is 0 Å². The second kappa shape index (κ2) is 4.97. The normalized spacial score (nSPS) is 13.3. The number of hydrogen-bond donors (Lipinski definition) is 1. The van der Waals surface area contributed by atoms with Crippen LogP contribution in [-0.2, 0) is 6.18 Å². The summed E-state index contributed by atoms with van der Waals surface area (Å²) in [4.78, 5) is 8.04. The molecule has 1 aromatic heterocycles. The van der Waals surface area contributed by atoms with Crippen molar-refractivity contribution in [2.45, 2.75) is 19.1 Å². The number of alkyl halides is 3. The van der Waals surface area contributed by atoms with Gasteiger partial charge < -0.3 is 5.73 Å². The molecule has 1 atom stereocenters. The number of nitrogens with two attached hydrogens (primary N) is 1. The molecule has 3 nitrogen and oxygen atoms in total. The van der Waals surface area contributed by atoms with Gasteiger partial charge in [-0.3, -0.25) is 0 Å². The molecule has 0 radical (unpaired) electrons. The van der Waals surface area contributed by atoms with Gasteiger partial charge in [0.1, 0.15) is 6.33 Å². The quantitative estimate of drug-likeness (QED) is 0.909. The van der Waals surface area contributed by atoms with Gasteiger partial charge in [0, 0.05) is 11.6 Å². The molecule has 0 aliphatic carbocycles. The summed E-state index contributed by atoms with van der Waals surface area (Å²) in [6.07, 6.45) is -2.98. The fraction of sp³-hybridized carbons (Fsp3) is 0.231. The van der Waals surface area contributed by atoms with Gasteiger partial charge in [0.25, 0.3) is 0 Å². The van der Waals surface area contributed by atoms with Crippen molar-refractivity contribution in [3.8, 4) is 11.3 Å². The largest absolute Gasteiger partial charge is 0.416 e. The minimum absolute atomic E-state index is 0.254. The van der Waals surface area contributed by atoms with Crippen LogP contribution in [0.1, 0.15) is 24.2 Å². The summed E-state index contributed by atoms with van der Waals surface area (Å²) in [6.45, 7) is 1.78. The van der Waals surface area contributed by atoms with E-state index in [0.717, 1.165) is 12.1 Å². The Morgan fingerprint density at radius 2 is 1.74 bits per heavy atom. The molecule has 0 saturated carbocycles. The van der Waals surface area contributed by atoms with Gasteiger partial charge >= 0.3 is 6.18 Å². The van der Waals surface area contributed by atoms with Crippen LogP contribution in [0.25, 0.3) is 11.3 Å². The highest BCUT2D eigenvalue weighted by Gasteiger charge is 2.29. The van der Waals surface area contributed by atoms with E-state index >= 15 is 0 Å². The predicted octanol–water partition coefficient (Wildman–Crippen LogP) is 3.18. The fourth-order valence-electron chi connectivity index (χ4n) is 1.61. The lowest BCUT2D eigenvalue weighted by Gasteiger charge is -2.09. The van der Waals surface area contributed by atoms with Gasteiger partial charge in [0.2, 0.25) is 0 Å². The summed E-state index contributed by atoms with van der Waals surface area (Å²) in [7, 11) is 0. The first-order valence-electron chi connectivity index (χ1n) is 5.63. The number of nitrogens with zero attached hydrogens (tertiary/aromatic N) is 2. The molecule has 0 saturated heterocycles. The molecule has 2 aromatic rings. The highest BCUT2D eigenvalue weighted by molar-refractivity contribution is 5.59. The van der Waals surface area contributed by atoms with Crippen LogP contribution in [0, 0.1) is 0 Å². The maximum Gasteiger partial charge on any atom is 0.416 e. The van der Waals surface area contributed by atoms with Crippen LogP contribution in [0.4, 0.5) is 13.2 Å². The molecule has 2 rings (SSSR count). The van der Waals surface area contributed by atoms with Crippen molar-refractivity contribution in [2.24, 2.45) is 5.73 Å². The van der Waals surface area contributed by atoms with Gasteiger partial charge in [0.05, 0.1) is 17.0 Å². The Hall–Kier alpha value is -1.95. The number of hydrogen-bond acceptors (Lipinski definition) is 3. The van der Waals surface area contributed by atoms with E-state index in [1.807, 2.05) is 0 Å². The van der Waals surface area contributed by atoms with Crippen LogP contribution < -0.4 is 5.73 Å². The van der Waals surface area contributed by atoms with Crippen molar-refractivity contribution in [2.75, 3.05) is 0 Å². The van der Waals surface area contributed by atoms with E-state index in [4.69, 9.17) is 5.73 Å². The molecule has 1 unspecified atom stereocenters. The number of benzene rings is 1. The van der Waals surface area contributed by atoms with Crippen molar-refractivity contribution in [1.82, 2.24) is 9.97 Å². The SMILES string of the molecule is CC(N)c1cc(-c2ccc(C(F)(F)F)cc2)ncn1. The maximum atomic E-state index is 12.4. The minimum atomic E-state index is -4.33. The lowest BCUT2D eigenvalue weighted by atomic mass is 10.1.